The number of benzene rings is 2. The maximum atomic E-state index is 13.5. The summed E-state index contributed by atoms with van der Waals surface area (Å²) in [6.07, 6.45) is 0.533. The molecule has 1 fully saturated rings. The summed E-state index contributed by atoms with van der Waals surface area (Å²) in [5.41, 5.74) is 2.07. The number of aromatic nitrogens is 1. The Hall–Kier alpha value is -2.70. The van der Waals surface area contributed by atoms with Crippen molar-refractivity contribution in [1.29, 1.82) is 0 Å². The van der Waals surface area contributed by atoms with Gasteiger partial charge in [-0.25, -0.2) is 4.98 Å². The number of hydrogen-bond donors (Lipinski definition) is 0. The van der Waals surface area contributed by atoms with Gasteiger partial charge in [0, 0.05) is 35.5 Å². The largest absolute Gasteiger partial charge is 0.309 e. The Balaban J connectivity index is 1.70. The Morgan fingerprint density at radius 2 is 1.90 bits per heavy atom. The highest BCUT2D eigenvalue weighted by Gasteiger charge is 2.55. The first-order chi connectivity index (χ1) is 14.0. The molecule has 0 saturated carbocycles. The van der Waals surface area contributed by atoms with Gasteiger partial charge in [0.15, 0.2) is 0 Å². The van der Waals surface area contributed by atoms with E-state index in [9.17, 15) is 9.59 Å². The second-order valence-electron chi connectivity index (χ2n) is 7.32. The van der Waals surface area contributed by atoms with Gasteiger partial charge < -0.3 is 9.80 Å². The van der Waals surface area contributed by atoms with Crippen LogP contribution in [0.1, 0.15) is 37.0 Å². The van der Waals surface area contributed by atoms with E-state index in [0.717, 1.165) is 16.1 Å². The summed E-state index contributed by atoms with van der Waals surface area (Å²) in [5.74, 6) is -0.203. The van der Waals surface area contributed by atoms with E-state index in [1.165, 1.54) is 11.3 Å². The fourth-order valence-corrected chi connectivity index (χ4v) is 5.18. The fourth-order valence-electron chi connectivity index (χ4n) is 4.47. The van der Waals surface area contributed by atoms with Crippen LogP contribution in [-0.4, -0.2) is 39.7 Å². The molecule has 3 heterocycles. The lowest BCUT2D eigenvalue weighted by atomic mass is 9.83. The van der Waals surface area contributed by atoms with Crippen LogP contribution in [0.25, 0.3) is 0 Å². The molecule has 5 rings (SSSR count). The van der Waals surface area contributed by atoms with Gasteiger partial charge in [-0.1, -0.05) is 41.9 Å². The zero-order valence-electron chi connectivity index (χ0n) is 15.8. The SMILES string of the molecule is Cc1nc(C(=O)N2CCN3C(=O)c4ccccc4CC23c2ccc(Cl)cc2)cs1. The van der Waals surface area contributed by atoms with Crippen molar-refractivity contribution >= 4 is 34.8 Å². The first-order valence-corrected chi connectivity index (χ1v) is 10.7. The first kappa shape index (κ1) is 18.3. The summed E-state index contributed by atoms with van der Waals surface area (Å²) >= 11 is 7.58. The summed E-state index contributed by atoms with van der Waals surface area (Å²) in [6, 6.07) is 15.1. The van der Waals surface area contributed by atoms with Crippen LogP contribution >= 0.6 is 22.9 Å². The molecule has 0 radical (unpaired) electrons. The molecular weight excluding hydrogens is 406 g/mol. The predicted octanol–water partition coefficient (Wildman–Crippen LogP) is 4.11. The van der Waals surface area contributed by atoms with Crippen molar-refractivity contribution in [3.8, 4) is 0 Å². The highest BCUT2D eigenvalue weighted by atomic mass is 35.5. The minimum absolute atomic E-state index is 0.0495. The predicted molar refractivity (Wildman–Crippen MR) is 112 cm³/mol. The molecule has 0 bridgehead atoms. The number of aryl methyl sites for hydroxylation is 1. The number of nitrogens with zero attached hydrogens (tertiary/aromatic N) is 3. The van der Waals surface area contributed by atoms with Crippen LogP contribution < -0.4 is 0 Å². The quantitative estimate of drug-likeness (QED) is 0.623. The molecule has 2 amide bonds. The monoisotopic (exact) mass is 423 g/mol. The molecule has 2 aliphatic rings. The zero-order valence-corrected chi connectivity index (χ0v) is 17.3. The summed E-state index contributed by atoms with van der Waals surface area (Å²) in [6.45, 7) is 2.81. The van der Waals surface area contributed by atoms with Gasteiger partial charge in [-0.2, -0.15) is 0 Å². The van der Waals surface area contributed by atoms with Crippen molar-refractivity contribution in [2.24, 2.45) is 0 Å². The lowest BCUT2D eigenvalue weighted by Gasteiger charge is -2.47. The van der Waals surface area contributed by atoms with Gasteiger partial charge in [0.1, 0.15) is 11.4 Å². The van der Waals surface area contributed by atoms with E-state index in [4.69, 9.17) is 11.6 Å². The minimum Gasteiger partial charge on any atom is -0.309 e. The van der Waals surface area contributed by atoms with Crippen LogP contribution in [0.2, 0.25) is 5.02 Å². The molecule has 1 atom stereocenters. The molecular formula is C22H18ClN3O2S. The van der Waals surface area contributed by atoms with Crippen LogP contribution in [0.15, 0.2) is 53.9 Å². The summed E-state index contributed by atoms with van der Waals surface area (Å²) in [4.78, 5) is 34.9. The number of amides is 2. The molecule has 7 heteroatoms. The van der Waals surface area contributed by atoms with Crippen LogP contribution in [0.3, 0.4) is 0 Å². The van der Waals surface area contributed by atoms with Crippen molar-refractivity contribution in [2.45, 2.75) is 19.0 Å². The highest BCUT2D eigenvalue weighted by molar-refractivity contribution is 7.09. The average molecular weight is 424 g/mol. The van der Waals surface area contributed by atoms with E-state index in [1.807, 2.05) is 60.4 Å². The maximum Gasteiger partial charge on any atom is 0.275 e. The second kappa shape index (κ2) is 6.68. The van der Waals surface area contributed by atoms with E-state index in [-0.39, 0.29) is 11.8 Å². The van der Waals surface area contributed by atoms with E-state index in [0.29, 0.717) is 35.8 Å². The number of rotatable bonds is 2. The summed E-state index contributed by atoms with van der Waals surface area (Å²) in [7, 11) is 0. The third kappa shape index (κ3) is 2.70. The van der Waals surface area contributed by atoms with Gasteiger partial charge in [-0.05, 0) is 36.2 Å². The second-order valence-corrected chi connectivity index (χ2v) is 8.82. The molecule has 2 aliphatic heterocycles. The molecule has 3 aromatic rings. The molecule has 1 unspecified atom stereocenters. The number of carbonyl (C=O) groups excluding carboxylic acids is 2. The Labute approximate surface area is 177 Å². The Morgan fingerprint density at radius 1 is 1.14 bits per heavy atom. The van der Waals surface area contributed by atoms with Gasteiger partial charge in [0.25, 0.3) is 11.8 Å². The van der Waals surface area contributed by atoms with Crippen LogP contribution in [0.5, 0.6) is 0 Å². The molecule has 5 nitrogen and oxygen atoms in total. The fraction of sp³-hybridized carbons (Fsp3) is 0.227. The first-order valence-electron chi connectivity index (χ1n) is 9.41. The van der Waals surface area contributed by atoms with Crippen LogP contribution in [0.4, 0.5) is 0 Å². The van der Waals surface area contributed by atoms with Crippen molar-refractivity contribution in [3.63, 3.8) is 0 Å². The normalized spacial score (nSPS) is 20.6. The molecule has 1 saturated heterocycles. The lowest BCUT2D eigenvalue weighted by Crippen LogP contribution is -2.58. The number of halogens is 1. The van der Waals surface area contributed by atoms with E-state index in [1.54, 1.807) is 10.3 Å². The lowest BCUT2D eigenvalue weighted by molar-refractivity contribution is 0.00746. The highest BCUT2D eigenvalue weighted by Crippen LogP contribution is 2.45. The molecule has 0 aliphatic carbocycles. The van der Waals surface area contributed by atoms with Gasteiger partial charge in [-0.15, -0.1) is 11.3 Å². The topological polar surface area (TPSA) is 53.5 Å². The summed E-state index contributed by atoms with van der Waals surface area (Å²) < 4.78 is 0. The molecule has 0 N–H and O–H groups in total. The third-order valence-corrected chi connectivity index (χ3v) is 6.79. The van der Waals surface area contributed by atoms with Crippen molar-refractivity contribution in [1.82, 2.24) is 14.8 Å². The van der Waals surface area contributed by atoms with Gasteiger partial charge >= 0.3 is 0 Å². The van der Waals surface area contributed by atoms with Crippen molar-refractivity contribution in [2.75, 3.05) is 13.1 Å². The average Bonchev–Trinajstić information content (AvgIpc) is 3.33. The Kier molecular flexibility index (Phi) is 4.22. The number of hydrogen-bond acceptors (Lipinski definition) is 4. The van der Waals surface area contributed by atoms with Crippen molar-refractivity contribution < 1.29 is 9.59 Å². The smallest absolute Gasteiger partial charge is 0.275 e. The van der Waals surface area contributed by atoms with Gasteiger partial charge in [0.05, 0.1) is 5.01 Å². The molecule has 146 valence electrons. The van der Waals surface area contributed by atoms with Crippen molar-refractivity contribution in [3.05, 3.63) is 86.3 Å². The maximum absolute atomic E-state index is 13.5. The molecule has 0 spiro atoms. The van der Waals surface area contributed by atoms with Gasteiger partial charge in [-0.3, -0.25) is 9.59 Å². The van der Waals surface area contributed by atoms with E-state index < -0.39 is 5.66 Å². The van der Waals surface area contributed by atoms with Crippen LogP contribution in [0, 0.1) is 6.92 Å². The van der Waals surface area contributed by atoms with Crippen LogP contribution in [-0.2, 0) is 12.1 Å². The molecule has 29 heavy (non-hydrogen) atoms. The molecule has 1 aromatic heterocycles. The Morgan fingerprint density at radius 3 is 2.62 bits per heavy atom. The number of carbonyl (C=O) groups is 2. The standard InChI is InChI=1S/C22H18ClN3O2S/c1-14-24-19(13-29-14)21(28)26-11-10-25-20(27)18-5-3-2-4-15(18)12-22(25,26)16-6-8-17(23)9-7-16/h2-9,13H,10-12H2,1H3. The Bertz CT molecular complexity index is 1130. The van der Waals surface area contributed by atoms with Gasteiger partial charge in [0.2, 0.25) is 0 Å². The molecule has 2 aromatic carbocycles. The van der Waals surface area contributed by atoms with E-state index in [2.05, 4.69) is 4.98 Å². The number of fused-ring (bicyclic) bond motifs is 2. The van der Waals surface area contributed by atoms with E-state index >= 15 is 0 Å². The number of thiazole rings is 1. The third-order valence-electron chi connectivity index (χ3n) is 5.76. The minimum atomic E-state index is -0.884. The summed E-state index contributed by atoms with van der Waals surface area (Å²) in [5, 5.41) is 3.24. The zero-order chi connectivity index (χ0) is 20.2.